The molecular formula is C15H23BrN2O. The van der Waals surface area contributed by atoms with Gasteiger partial charge < -0.3 is 10.1 Å². The predicted octanol–water partition coefficient (Wildman–Crippen LogP) is 2.74. The molecule has 19 heavy (non-hydrogen) atoms. The van der Waals surface area contributed by atoms with E-state index < -0.39 is 0 Å². The Bertz CT molecular complexity index is 423. The molecule has 0 amide bonds. The Morgan fingerprint density at radius 1 is 1.47 bits per heavy atom. The molecule has 1 fully saturated rings. The molecule has 0 saturated carbocycles. The zero-order valence-electron chi connectivity index (χ0n) is 11.9. The highest BCUT2D eigenvalue weighted by molar-refractivity contribution is 9.10. The van der Waals surface area contributed by atoms with E-state index in [4.69, 9.17) is 4.74 Å². The van der Waals surface area contributed by atoms with Gasteiger partial charge in [-0.05, 0) is 37.7 Å². The first-order valence-electron chi connectivity index (χ1n) is 6.93. The first kappa shape index (κ1) is 15.0. The molecule has 0 bridgehead atoms. The minimum absolute atomic E-state index is 0.216. The molecule has 3 nitrogen and oxygen atoms in total. The van der Waals surface area contributed by atoms with Gasteiger partial charge in [-0.3, -0.25) is 4.90 Å². The van der Waals surface area contributed by atoms with Gasteiger partial charge in [-0.2, -0.15) is 0 Å². The van der Waals surface area contributed by atoms with Gasteiger partial charge in [-0.15, -0.1) is 0 Å². The van der Waals surface area contributed by atoms with Crippen LogP contribution in [0.4, 0.5) is 0 Å². The maximum absolute atomic E-state index is 5.97. The summed E-state index contributed by atoms with van der Waals surface area (Å²) in [6, 6.07) is 6.98. The lowest BCUT2D eigenvalue weighted by molar-refractivity contribution is -0.0686. The summed E-state index contributed by atoms with van der Waals surface area (Å²) in [6.07, 6.45) is 0.216. The lowest BCUT2D eigenvalue weighted by Gasteiger charge is -2.41. The van der Waals surface area contributed by atoms with Crippen LogP contribution < -0.4 is 5.32 Å². The highest BCUT2D eigenvalue weighted by Crippen LogP contribution is 2.31. The molecule has 2 rings (SSSR count). The van der Waals surface area contributed by atoms with E-state index in [1.165, 1.54) is 15.6 Å². The third-order valence-electron chi connectivity index (χ3n) is 3.80. The quantitative estimate of drug-likeness (QED) is 0.920. The summed E-state index contributed by atoms with van der Waals surface area (Å²) in [6.45, 7) is 8.11. The van der Waals surface area contributed by atoms with Gasteiger partial charge in [-0.25, -0.2) is 0 Å². The number of aryl methyl sites for hydroxylation is 1. The van der Waals surface area contributed by atoms with Gasteiger partial charge in [0.15, 0.2) is 0 Å². The number of nitrogens with one attached hydrogen (secondary N) is 1. The second-order valence-electron chi connectivity index (χ2n) is 5.05. The number of hydrogen-bond donors (Lipinski definition) is 1. The lowest BCUT2D eigenvalue weighted by atomic mass is 9.97. The number of rotatable bonds is 4. The lowest BCUT2D eigenvalue weighted by Crippen LogP contribution is -2.48. The van der Waals surface area contributed by atoms with Gasteiger partial charge in [0.25, 0.3) is 0 Å². The van der Waals surface area contributed by atoms with Crippen molar-refractivity contribution in [1.82, 2.24) is 10.2 Å². The Morgan fingerprint density at radius 3 is 2.89 bits per heavy atom. The Hall–Kier alpha value is -0.420. The maximum Gasteiger partial charge on any atom is 0.0896 e. The first-order chi connectivity index (χ1) is 9.17. The van der Waals surface area contributed by atoms with Crippen LogP contribution in [-0.4, -0.2) is 44.3 Å². The number of halogens is 1. The normalized spacial score (nSPS) is 24.6. The summed E-state index contributed by atoms with van der Waals surface area (Å²) in [5, 5.41) is 3.24. The van der Waals surface area contributed by atoms with Crippen molar-refractivity contribution in [2.24, 2.45) is 0 Å². The molecule has 0 aromatic heterocycles. The zero-order chi connectivity index (χ0) is 13.8. The SMILES string of the molecule is CCN1CCOC(CNC)C1c1ccc(C)c(Br)c1. The van der Waals surface area contributed by atoms with E-state index in [9.17, 15) is 0 Å². The van der Waals surface area contributed by atoms with Gasteiger partial charge in [0.05, 0.1) is 18.8 Å². The number of hydrogen-bond acceptors (Lipinski definition) is 3. The molecule has 1 heterocycles. The summed E-state index contributed by atoms with van der Waals surface area (Å²) >= 11 is 3.64. The number of ether oxygens (including phenoxy) is 1. The van der Waals surface area contributed by atoms with Crippen molar-refractivity contribution in [2.45, 2.75) is 26.0 Å². The third-order valence-corrected chi connectivity index (χ3v) is 4.66. The van der Waals surface area contributed by atoms with E-state index in [1.807, 2.05) is 7.05 Å². The molecule has 1 aromatic carbocycles. The molecule has 2 unspecified atom stereocenters. The fourth-order valence-corrected chi connectivity index (χ4v) is 3.13. The fraction of sp³-hybridized carbons (Fsp3) is 0.600. The topological polar surface area (TPSA) is 24.5 Å². The Kier molecular flexibility index (Phi) is 5.39. The predicted molar refractivity (Wildman–Crippen MR) is 82.5 cm³/mol. The van der Waals surface area contributed by atoms with Crippen LogP contribution in [0, 0.1) is 6.92 Å². The van der Waals surface area contributed by atoms with Crippen molar-refractivity contribution in [3.63, 3.8) is 0 Å². The van der Waals surface area contributed by atoms with Crippen molar-refractivity contribution in [3.8, 4) is 0 Å². The van der Waals surface area contributed by atoms with Crippen molar-refractivity contribution < 1.29 is 4.74 Å². The molecule has 1 N–H and O–H groups in total. The second-order valence-corrected chi connectivity index (χ2v) is 5.90. The van der Waals surface area contributed by atoms with Gasteiger partial charge in [0.2, 0.25) is 0 Å². The minimum atomic E-state index is 0.216. The average Bonchev–Trinajstić information content (AvgIpc) is 2.42. The van der Waals surface area contributed by atoms with Crippen molar-refractivity contribution in [3.05, 3.63) is 33.8 Å². The van der Waals surface area contributed by atoms with Crippen LogP contribution in [0.1, 0.15) is 24.1 Å². The van der Waals surface area contributed by atoms with Gasteiger partial charge in [0.1, 0.15) is 0 Å². The fourth-order valence-electron chi connectivity index (χ4n) is 2.73. The van der Waals surface area contributed by atoms with Gasteiger partial charge in [-0.1, -0.05) is 35.0 Å². The third kappa shape index (κ3) is 3.37. The molecule has 1 aliphatic rings. The smallest absolute Gasteiger partial charge is 0.0896 e. The molecule has 1 saturated heterocycles. The molecule has 4 heteroatoms. The summed E-state index contributed by atoms with van der Waals surface area (Å²) in [5.41, 5.74) is 2.60. The largest absolute Gasteiger partial charge is 0.374 e. The maximum atomic E-state index is 5.97. The van der Waals surface area contributed by atoms with E-state index in [2.05, 4.69) is 58.2 Å². The number of nitrogens with zero attached hydrogens (tertiary/aromatic N) is 1. The monoisotopic (exact) mass is 326 g/mol. The number of morpholine rings is 1. The Balaban J connectivity index is 2.30. The van der Waals surface area contributed by atoms with Crippen LogP contribution in [0.2, 0.25) is 0 Å². The summed E-state index contributed by atoms with van der Waals surface area (Å²) in [4.78, 5) is 2.50. The van der Waals surface area contributed by atoms with Crippen molar-refractivity contribution in [2.75, 3.05) is 33.3 Å². The van der Waals surface area contributed by atoms with Gasteiger partial charge in [0, 0.05) is 17.6 Å². The van der Waals surface area contributed by atoms with E-state index in [0.717, 1.165) is 26.2 Å². The minimum Gasteiger partial charge on any atom is -0.374 e. The molecule has 1 aromatic rings. The van der Waals surface area contributed by atoms with E-state index in [0.29, 0.717) is 6.04 Å². The highest BCUT2D eigenvalue weighted by atomic mass is 79.9. The van der Waals surface area contributed by atoms with Crippen molar-refractivity contribution >= 4 is 15.9 Å². The van der Waals surface area contributed by atoms with E-state index in [-0.39, 0.29) is 6.10 Å². The standard InChI is InChI=1S/C15H23BrN2O/c1-4-18-7-8-19-14(10-17-3)15(18)12-6-5-11(2)13(16)9-12/h5-6,9,14-15,17H,4,7-8,10H2,1-3H3. The van der Waals surface area contributed by atoms with Crippen LogP contribution in [0.3, 0.4) is 0 Å². The molecule has 1 aliphatic heterocycles. The Labute approximate surface area is 124 Å². The first-order valence-corrected chi connectivity index (χ1v) is 7.73. The van der Waals surface area contributed by atoms with Crippen LogP contribution >= 0.6 is 15.9 Å². The average molecular weight is 327 g/mol. The molecule has 0 radical (unpaired) electrons. The van der Waals surface area contributed by atoms with Crippen LogP contribution in [0.5, 0.6) is 0 Å². The molecule has 0 spiro atoms. The number of likely N-dealkylation sites (N-methyl/N-ethyl adjacent to an activating group) is 2. The number of benzene rings is 1. The summed E-state index contributed by atoms with van der Waals surface area (Å²) < 4.78 is 7.14. The molecular weight excluding hydrogens is 304 g/mol. The highest BCUT2D eigenvalue weighted by Gasteiger charge is 2.32. The molecule has 2 atom stereocenters. The van der Waals surface area contributed by atoms with Crippen molar-refractivity contribution in [1.29, 1.82) is 0 Å². The summed E-state index contributed by atoms with van der Waals surface area (Å²) in [5.74, 6) is 0. The zero-order valence-corrected chi connectivity index (χ0v) is 13.5. The van der Waals surface area contributed by atoms with Crippen LogP contribution in [-0.2, 0) is 4.74 Å². The van der Waals surface area contributed by atoms with E-state index in [1.54, 1.807) is 0 Å². The van der Waals surface area contributed by atoms with E-state index >= 15 is 0 Å². The summed E-state index contributed by atoms with van der Waals surface area (Å²) in [7, 11) is 1.98. The van der Waals surface area contributed by atoms with Crippen LogP contribution in [0.15, 0.2) is 22.7 Å². The second kappa shape index (κ2) is 6.84. The van der Waals surface area contributed by atoms with Gasteiger partial charge >= 0.3 is 0 Å². The Morgan fingerprint density at radius 2 is 2.26 bits per heavy atom. The molecule has 0 aliphatic carbocycles. The van der Waals surface area contributed by atoms with Crippen LogP contribution in [0.25, 0.3) is 0 Å². The molecule has 106 valence electrons.